The van der Waals surface area contributed by atoms with Crippen LogP contribution < -0.4 is 5.32 Å². The van der Waals surface area contributed by atoms with Crippen molar-refractivity contribution in [3.05, 3.63) is 48.3 Å². The van der Waals surface area contributed by atoms with Gasteiger partial charge in [-0.3, -0.25) is 4.79 Å². The fourth-order valence-corrected chi connectivity index (χ4v) is 1.31. The van der Waals surface area contributed by atoms with E-state index in [-0.39, 0.29) is 17.1 Å². The molecule has 2 N–H and O–H groups in total. The molecule has 0 saturated heterocycles. The first-order valence-corrected chi connectivity index (χ1v) is 5.92. The van der Waals surface area contributed by atoms with E-state index in [1.54, 1.807) is 31.1 Å². The number of hydrogen-bond donors (Lipinski definition) is 2. The van der Waals surface area contributed by atoms with Gasteiger partial charge in [0.2, 0.25) is 0 Å². The standard InChI is InChI=1S/C14H15F3N2O2/c1-19(2)8-7-10(9-13(21)14(15,16)17)18-11-5-3-4-6-12(11)20/h3-9,18,20H,1-2H3/b8-7+,10-9-. The second-order valence-corrected chi connectivity index (χ2v) is 4.38. The van der Waals surface area contributed by atoms with Crippen molar-refractivity contribution in [3.63, 3.8) is 0 Å². The first-order valence-electron chi connectivity index (χ1n) is 5.92. The molecule has 0 unspecified atom stereocenters. The second-order valence-electron chi connectivity index (χ2n) is 4.38. The summed E-state index contributed by atoms with van der Waals surface area (Å²) in [5.41, 5.74) is 0.106. The Morgan fingerprint density at radius 1 is 1.29 bits per heavy atom. The molecule has 114 valence electrons. The molecular weight excluding hydrogens is 285 g/mol. The van der Waals surface area contributed by atoms with Crippen molar-refractivity contribution in [2.75, 3.05) is 19.4 Å². The number of anilines is 1. The van der Waals surface area contributed by atoms with E-state index in [1.165, 1.54) is 24.4 Å². The van der Waals surface area contributed by atoms with E-state index in [2.05, 4.69) is 5.32 Å². The molecule has 0 aliphatic heterocycles. The summed E-state index contributed by atoms with van der Waals surface area (Å²) in [7, 11) is 3.36. The highest BCUT2D eigenvalue weighted by Crippen LogP contribution is 2.24. The molecule has 0 amide bonds. The minimum absolute atomic E-state index is 0.0903. The SMILES string of the molecule is CN(C)/C=C/C(=C/C(=O)C(F)(F)F)Nc1ccccc1O. The van der Waals surface area contributed by atoms with Crippen molar-refractivity contribution in [1.29, 1.82) is 0 Å². The molecule has 0 aromatic heterocycles. The van der Waals surface area contributed by atoms with Crippen LogP contribution in [0.5, 0.6) is 5.75 Å². The van der Waals surface area contributed by atoms with Crippen molar-refractivity contribution in [2.45, 2.75) is 6.18 Å². The largest absolute Gasteiger partial charge is 0.506 e. The monoisotopic (exact) mass is 300 g/mol. The topological polar surface area (TPSA) is 52.6 Å². The van der Waals surface area contributed by atoms with Crippen molar-refractivity contribution in [2.24, 2.45) is 0 Å². The molecule has 0 bridgehead atoms. The summed E-state index contributed by atoms with van der Waals surface area (Å²) >= 11 is 0. The Bertz CT molecular complexity index is 564. The van der Waals surface area contributed by atoms with E-state index in [1.807, 2.05) is 0 Å². The molecule has 0 atom stereocenters. The number of aromatic hydroxyl groups is 1. The number of carbonyl (C=O) groups is 1. The average molecular weight is 300 g/mol. The van der Waals surface area contributed by atoms with Gasteiger partial charge in [-0.25, -0.2) is 0 Å². The molecule has 0 spiro atoms. The molecule has 0 heterocycles. The summed E-state index contributed by atoms with van der Waals surface area (Å²) < 4.78 is 37.0. The normalized spacial score (nSPS) is 12.5. The number of halogens is 3. The van der Waals surface area contributed by atoms with Crippen molar-refractivity contribution in [3.8, 4) is 5.75 Å². The van der Waals surface area contributed by atoms with Crippen molar-refractivity contribution >= 4 is 11.5 Å². The number of hydrogen-bond acceptors (Lipinski definition) is 4. The van der Waals surface area contributed by atoms with Gasteiger partial charge in [-0.2, -0.15) is 13.2 Å². The van der Waals surface area contributed by atoms with Crippen LogP contribution >= 0.6 is 0 Å². The predicted octanol–water partition coefficient (Wildman–Crippen LogP) is 2.89. The molecule has 0 saturated carbocycles. The Morgan fingerprint density at radius 2 is 1.90 bits per heavy atom. The number of phenols is 1. The first-order chi connectivity index (χ1) is 9.70. The molecular formula is C14H15F3N2O2. The third kappa shape index (κ3) is 5.60. The Labute approximate surface area is 120 Å². The summed E-state index contributed by atoms with van der Waals surface area (Å²) in [5.74, 6) is -2.12. The van der Waals surface area contributed by atoms with E-state index < -0.39 is 12.0 Å². The molecule has 7 heteroatoms. The molecule has 1 aromatic rings. The highest BCUT2D eigenvalue weighted by molar-refractivity contribution is 5.95. The third-order valence-corrected chi connectivity index (χ3v) is 2.30. The van der Waals surface area contributed by atoms with Gasteiger partial charge in [0.15, 0.2) is 0 Å². The van der Waals surface area contributed by atoms with Crippen LogP contribution in [-0.4, -0.2) is 36.1 Å². The number of allylic oxidation sites excluding steroid dienone is 2. The van der Waals surface area contributed by atoms with Crippen LogP contribution in [0.2, 0.25) is 0 Å². The van der Waals surface area contributed by atoms with Crippen LogP contribution in [-0.2, 0) is 4.79 Å². The van der Waals surface area contributed by atoms with Gasteiger partial charge in [0.1, 0.15) is 5.75 Å². The maximum atomic E-state index is 12.3. The van der Waals surface area contributed by atoms with E-state index in [0.29, 0.717) is 6.08 Å². The molecule has 0 aliphatic carbocycles. The number of alkyl halides is 3. The lowest BCUT2D eigenvalue weighted by Crippen LogP contribution is -2.21. The fourth-order valence-electron chi connectivity index (χ4n) is 1.31. The Morgan fingerprint density at radius 3 is 2.43 bits per heavy atom. The molecule has 0 aliphatic rings. The number of nitrogens with zero attached hydrogens (tertiary/aromatic N) is 1. The van der Waals surface area contributed by atoms with Crippen LogP contribution in [0.1, 0.15) is 0 Å². The van der Waals surface area contributed by atoms with Gasteiger partial charge < -0.3 is 15.3 Å². The lowest BCUT2D eigenvalue weighted by Gasteiger charge is -2.11. The number of nitrogens with one attached hydrogen (secondary N) is 1. The summed E-state index contributed by atoms with van der Waals surface area (Å²) in [4.78, 5) is 12.6. The number of benzene rings is 1. The molecule has 21 heavy (non-hydrogen) atoms. The van der Waals surface area contributed by atoms with Gasteiger partial charge in [-0.05, 0) is 18.2 Å². The summed E-state index contributed by atoms with van der Waals surface area (Å²) in [5, 5.41) is 12.2. The van der Waals surface area contributed by atoms with Gasteiger partial charge in [0, 0.05) is 32.1 Å². The van der Waals surface area contributed by atoms with Crippen LogP contribution in [0.4, 0.5) is 18.9 Å². The smallest absolute Gasteiger partial charge is 0.454 e. The lowest BCUT2D eigenvalue weighted by atomic mass is 10.2. The molecule has 1 rings (SSSR count). The zero-order valence-electron chi connectivity index (χ0n) is 11.5. The Balaban J connectivity index is 3.06. The van der Waals surface area contributed by atoms with Crippen molar-refractivity contribution < 1.29 is 23.1 Å². The maximum absolute atomic E-state index is 12.3. The molecule has 0 radical (unpaired) electrons. The molecule has 4 nitrogen and oxygen atoms in total. The molecule has 0 fully saturated rings. The number of phenolic OH excluding ortho intramolecular Hbond substituents is 1. The quantitative estimate of drug-likeness (QED) is 0.499. The second kappa shape index (κ2) is 6.83. The number of para-hydroxylation sites is 2. The van der Waals surface area contributed by atoms with E-state index in [9.17, 15) is 23.1 Å². The zero-order chi connectivity index (χ0) is 16.0. The minimum Gasteiger partial charge on any atom is -0.506 e. The van der Waals surface area contributed by atoms with Gasteiger partial charge in [0.05, 0.1) is 5.69 Å². The Hall–Kier alpha value is -2.44. The fraction of sp³-hybridized carbons (Fsp3) is 0.214. The maximum Gasteiger partial charge on any atom is 0.454 e. The highest BCUT2D eigenvalue weighted by Gasteiger charge is 2.36. The lowest BCUT2D eigenvalue weighted by molar-refractivity contribution is -0.165. The average Bonchev–Trinajstić information content (AvgIpc) is 2.37. The zero-order valence-corrected chi connectivity index (χ0v) is 11.5. The van der Waals surface area contributed by atoms with Gasteiger partial charge in [-0.15, -0.1) is 0 Å². The Kier molecular flexibility index (Phi) is 5.40. The third-order valence-electron chi connectivity index (χ3n) is 2.30. The molecule has 1 aromatic carbocycles. The first kappa shape index (κ1) is 16.6. The highest BCUT2D eigenvalue weighted by atomic mass is 19.4. The number of carbonyl (C=O) groups excluding carboxylic acids is 1. The summed E-state index contributed by atoms with van der Waals surface area (Å²) in [6.45, 7) is 0. The van der Waals surface area contributed by atoms with Gasteiger partial charge >= 0.3 is 6.18 Å². The van der Waals surface area contributed by atoms with Crippen LogP contribution in [0, 0.1) is 0 Å². The van der Waals surface area contributed by atoms with Crippen LogP contribution in [0.25, 0.3) is 0 Å². The van der Waals surface area contributed by atoms with E-state index >= 15 is 0 Å². The van der Waals surface area contributed by atoms with Gasteiger partial charge in [0.25, 0.3) is 5.78 Å². The predicted molar refractivity (Wildman–Crippen MR) is 73.7 cm³/mol. The van der Waals surface area contributed by atoms with Crippen LogP contribution in [0.15, 0.2) is 48.3 Å². The van der Waals surface area contributed by atoms with Gasteiger partial charge in [-0.1, -0.05) is 12.1 Å². The number of rotatable bonds is 5. The number of ketones is 1. The van der Waals surface area contributed by atoms with Crippen LogP contribution in [0.3, 0.4) is 0 Å². The van der Waals surface area contributed by atoms with E-state index in [4.69, 9.17) is 0 Å². The van der Waals surface area contributed by atoms with Crippen molar-refractivity contribution in [1.82, 2.24) is 4.90 Å². The summed E-state index contributed by atoms with van der Waals surface area (Å²) in [6.07, 6.45) is -1.73. The summed E-state index contributed by atoms with van der Waals surface area (Å²) in [6, 6.07) is 6.02. The minimum atomic E-state index is -4.95. The van der Waals surface area contributed by atoms with E-state index in [0.717, 1.165) is 0 Å².